The van der Waals surface area contributed by atoms with Crippen molar-refractivity contribution < 1.29 is 0 Å². The van der Waals surface area contributed by atoms with Crippen LogP contribution >= 0.6 is 0 Å². The molecule has 3 aromatic rings. The van der Waals surface area contributed by atoms with Crippen LogP contribution in [0.2, 0.25) is 0 Å². The van der Waals surface area contributed by atoms with Gasteiger partial charge in [-0.25, -0.2) is 9.78 Å². The Morgan fingerprint density at radius 3 is 2.70 bits per heavy atom. The SMILES string of the molecule is CCCCn1c(=O)[nH]c(=O)c2c1nc(-c1ccc(C)cn1)n2C. The predicted molar refractivity (Wildman–Crippen MR) is 88.5 cm³/mol. The zero-order valence-corrected chi connectivity index (χ0v) is 13.5. The number of pyridine rings is 1. The highest BCUT2D eigenvalue weighted by atomic mass is 16.2. The zero-order valence-electron chi connectivity index (χ0n) is 13.5. The van der Waals surface area contributed by atoms with Gasteiger partial charge in [0.1, 0.15) is 5.69 Å². The molecule has 0 unspecified atom stereocenters. The molecule has 0 amide bonds. The van der Waals surface area contributed by atoms with Gasteiger partial charge in [0.25, 0.3) is 5.56 Å². The second kappa shape index (κ2) is 5.83. The third-order valence-corrected chi connectivity index (χ3v) is 3.89. The lowest BCUT2D eigenvalue weighted by Gasteiger charge is -2.04. The Morgan fingerprint density at radius 1 is 1.26 bits per heavy atom. The van der Waals surface area contributed by atoms with Crippen LogP contribution in [-0.2, 0) is 13.6 Å². The molecule has 0 aliphatic rings. The summed E-state index contributed by atoms with van der Waals surface area (Å²) >= 11 is 0. The minimum atomic E-state index is -0.425. The number of fused-ring (bicyclic) bond motifs is 1. The summed E-state index contributed by atoms with van der Waals surface area (Å²) in [6.45, 7) is 4.53. The number of imidazole rings is 1. The molecule has 1 N–H and O–H groups in total. The highest BCUT2D eigenvalue weighted by Crippen LogP contribution is 2.19. The molecule has 0 atom stereocenters. The van der Waals surface area contributed by atoms with Crippen LogP contribution in [0, 0.1) is 6.92 Å². The highest BCUT2D eigenvalue weighted by Gasteiger charge is 2.17. The van der Waals surface area contributed by atoms with E-state index in [4.69, 9.17) is 0 Å². The van der Waals surface area contributed by atoms with Gasteiger partial charge < -0.3 is 4.57 Å². The van der Waals surface area contributed by atoms with E-state index < -0.39 is 11.2 Å². The molecule has 0 fully saturated rings. The van der Waals surface area contributed by atoms with Gasteiger partial charge in [-0.15, -0.1) is 0 Å². The van der Waals surface area contributed by atoms with Gasteiger partial charge in [-0.1, -0.05) is 19.4 Å². The van der Waals surface area contributed by atoms with Crippen molar-refractivity contribution in [2.45, 2.75) is 33.2 Å². The van der Waals surface area contributed by atoms with Crippen LogP contribution < -0.4 is 11.2 Å². The monoisotopic (exact) mass is 313 g/mol. The third kappa shape index (κ3) is 2.58. The molecular weight excluding hydrogens is 294 g/mol. The minimum Gasteiger partial charge on any atom is -0.320 e. The van der Waals surface area contributed by atoms with E-state index in [9.17, 15) is 9.59 Å². The van der Waals surface area contributed by atoms with E-state index in [2.05, 4.69) is 15.0 Å². The molecule has 120 valence electrons. The average Bonchev–Trinajstić information content (AvgIpc) is 2.86. The molecule has 23 heavy (non-hydrogen) atoms. The number of rotatable bonds is 4. The summed E-state index contributed by atoms with van der Waals surface area (Å²) in [7, 11) is 1.76. The van der Waals surface area contributed by atoms with E-state index in [0.717, 1.165) is 18.4 Å². The summed E-state index contributed by atoms with van der Waals surface area (Å²) < 4.78 is 3.21. The van der Waals surface area contributed by atoms with Crippen LogP contribution in [0.5, 0.6) is 0 Å². The molecule has 0 saturated heterocycles. The number of aromatic amines is 1. The summed E-state index contributed by atoms with van der Waals surface area (Å²) in [4.78, 5) is 35.6. The van der Waals surface area contributed by atoms with Gasteiger partial charge in [-0.05, 0) is 25.0 Å². The number of aromatic nitrogens is 5. The van der Waals surface area contributed by atoms with Crippen molar-refractivity contribution >= 4 is 11.2 Å². The minimum absolute atomic E-state index is 0.387. The fourth-order valence-electron chi connectivity index (χ4n) is 2.60. The summed E-state index contributed by atoms with van der Waals surface area (Å²) in [5.74, 6) is 0.571. The molecule has 0 saturated carbocycles. The number of hydrogen-bond acceptors (Lipinski definition) is 4. The van der Waals surface area contributed by atoms with Crippen molar-refractivity contribution in [3.8, 4) is 11.5 Å². The molecule has 0 radical (unpaired) electrons. The van der Waals surface area contributed by atoms with Crippen LogP contribution in [0.25, 0.3) is 22.7 Å². The van der Waals surface area contributed by atoms with Gasteiger partial charge in [0.15, 0.2) is 17.0 Å². The van der Waals surface area contributed by atoms with Crippen molar-refractivity contribution in [2.24, 2.45) is 7.05 Å². The van der Waals surface area contributed by atoms with Crippen LogP contribution in [0.15, 0.2) is 27.9 Å². The van der Waals surface area contributed by atoms with Crippen LogP contribution in [0.3, 0.4) is 0 Å². The highest BCUT2D eigenvalue weighted by molar-refractivity contribution is 5.75. The molecule has 3 heterocycles. The van der Waals surface area contributed by atoms with Gasteiger partial charge in [-0.3, -0.25) is 19.3 Å². The van der Waals surface area contributed by atoms with Crippen molar-refractivity contribution in [3.63, 3.8) is 0 Å². The van der Waals surface area contributed by atoms with Crippen LogP contribution in [-0.4, -0.2) is 24.1 Å². The standard InChI is InChI=1S/C16H19N5O2/c1-4-5-8-21-14-12(15(22)19-16(21)23)20(3)13(18-14)11-7-6-10(2)9-17-11/h6-7,9H,4-5,8H2,1-3H3,(H,19,22,23). The lowest BCUT2D eigenvalue weighted by atomic mass is 10.2. The second-order valence-corrected chi connectivity index (χ2v) is 5.65. The quantitative estimate of drug-likeness (QED) is 0.792. The first-order valence-corrected chi connectivity index (χ1v) is 7.65. The fraction of sp³-hybridized carbons (Fsp3) is 0.375. The molecule has 0 spiro atoms. The molecule has 0 aromatic carbocycles. The van der Waals surface area contributed by atoms with Crippen LogP contribution in [0.4, 0.5) is 0 Å². The van der Waals surface area contributed by atoms with Gasteiger partial charge in [-0.2, -0.15) is 0 Å². The Kier molecular flexibility index (Phi) is 3.85. The van der Waals surface area contributed by atoms with Crippen LogP contribution in [0.1, 0.15) is 25.3 Å². The Labute approximate surface area is 132 Å². The first kappa shape index (κ1) is 15.2. The van der Waals surface area contributed by atoms with E-state index in [1.54, 1.807) is 17.8 Å². The maximum absolute atomic E-state index is 12.2. The Morgan fingerprint density at radius 2 is 2.04 bits per heavy atom. The average molecular weight is 313 g/mol. The fourth-order valence-corrected chi connectivity index (χ4v) is 2.60. The van der Waals surface area contributed by atoms with E-state index in [1.807, 2.05) is 26.0 Å². The van der Waals surface area contributed by atoms with E-state index in [1.165, 1.54) is 4.57 Å². The number of aryl methyl sites for hydroxylation is 3. The largest absolute Gasteiger partial charge is 0.330 e. The van der Waals surface area contributed by atoms with Gasteiger partial charge in [0.05, 0.1) is 0 Å². The van der Waals surface area contributed by atoms with Crippen molar-refractivity contribution in [1.29, 1.82) is 0 Å². The molecule has 0 aliphatic carbocycles. The summed E-state index contributed by atoms with van der Waals surface area (Å²) in [6, 6.07) is 3.80. The first-order chi connectivity index (χ1) is 11.0. The summed E-state index contributed by atoms with van der Waals surface area (Å²) in [6.07, 6.45) is 3.55. The van der Waals surface area contributed by atoms with Crippen molar-refractivity contribution in [1.82, 2.24) is 24.1 Å². The van der Waals surface area contributed by atoms with E-state index in [0.29, 0.717) is 29.2 Å². The summed E-state index contributed by atoms with van der Waals surface area (Å²) in [5.41, 5.74) is 1.67. The number of nitrogens with one attached hydrogen (secondary N) is 1. The van der Waals surface area contributed by atoms with Gasteiger partial charge in [0.2, 0.25) is 0 Å². The Hall–Kier alpha value is -2.70. The molecule has 7 heteroatoms. The van der Waals surface area contributed by atoms with Crippen molar-refractivity contribution in [2.75, 3.05) is 0 Å². The molecule has 0 aliphatic heterocycles. The zero-order chi connectivity index (χ0) is 16.6. The van der Waals surface area contributed by atoms with E-state index >= 15 is 0 Å². The topological polar surface area (TPSA) is 85.6 Å². The molecule has 0 bridgehead atoms. The number of hydrogen-bond donors (Lipinski definition) is 1. The van der Waals surface area contributed by atoms with Gasteiger partial charge in [0, 0.05) is 19.8 Å². The number of H-pyrrole nitrogens is 1. The summed E-state index contributed by atoms with van der Waals surface area (Å²) in [5, 5.41) is 0. The van der Waals surface area contributed by atoms with Crippen molar-refractivity contribution in [3.05, 3.63) is 44.7 Å². The van der Waals surface area contributed by atoms with E-state index in [-0.39, 0.29) is 0 Å². The predicted octanol–water partition coefficient (Wildman–Crippen LogP) is 1.59. The molecular formula is C16H19N5O2. The number of unbranched alkanes of at least 4 members (excludes halogenated alkanes) is 1. The lowest BCUT2D eigenvalue weighted by molar-refractivity contribution is 0.613. The Bertz CT molecular complexity index is 963. The lowest BCUT2D eigenvalue weighted by Crippen LogP contribution is -2.31. The molecule has 7 nitrogen and oxygen atoms in total. The first-order valence-electron chi connectivity index (χ1n) is 7.65. The smallest absolute Gasteiger partial charge is 0.320 e. The van der Waals surface area contributed by atoms with Gasteiger partial charge >= 0.3 is 5.69 Å². The molecule has 3 aromatic heterocycles. The maximum atomic E-state index is 12.2. The second-order valence-electron chi connectivity index (χ2n) is 5.65. The molecule has 3 rings (SSSR count). The normalized spacial score (nSPS) is 11.3. The third-order valence-electron chi connectivity index (χ3n) is 3.89. The Balaban J connectivity index is 2.28. The maximum Gasteiger partial charge on any atom is 0.330 e. The number of nitrogens with zero attached hydrogens (tertiary/aromatic N) is 4.